The van der Waals surface area contributed by atoms with E-state index in [0.717, 1.165) is 11.0 Å². The van der Waals surface area contributed by atoms with Gasteiger partial charge in [0.2, 0.25) is 0 Å². The molecule has 106 valence electrons. The van der Waals surface area contributed by atoms with E-state index in [9.17, 15) is 0 Å². The van der Waals surface area contributed by atoms with Gasteiger partial charge in [0.05, 0.1) is 0 Å². The topological polar surface area (TPSA) is 3.24 Å². The summed E-state index contributed by atoms with van der Waals surface area (Å²) in [5, 5.41) is 0. The van der Waals surface area contributed by atoms with Crippen molar-refractivity contribution >= 4 is 15.9 Å². The van der Waals surface area contributed by atoms with Crippen LogP contribution < -0.4 is 0 Å². The summed E-state index contributed by atoms with van der Waals surface area (Å²) in [5.74, 6) is 0.912. The van der Waals surface area contributed by atoms with E-state index in [1.807, 2.05) is 0 Å². The summed E-state index contributed by atoms with van der Waals surface area (Å²) in [6.45, 7) is 14.3. The van der Waals surface area contributed by atoms with Crippen molar-refractivity contribution in [3.63, 3.8) is 0 Å². The van der Waals surface area contributed by atoms with Crippen molar-refractivity contribution < 1.29 is 0 Å². The number of likely N-dealkylation sites (N-methyl/N-ethyl adjacent to an activating group) is 1. The van der Waals surface area contributed by atoms with Gasteiger partial charge in [0, 0.05) is 23.0 Å². The Labute approximate surface area is 126 Å². The molecule has 2 heteroatoms. The molecule has 0 aliphatic carbocycles. The minimum Gasteiger partial charge on any atom is -0.303 e. The maximum Gasteiger partial charge on any atom is 0.0176 e. The van der Waals surface area contributed by atoms with Crippen LogP contribution in [0.4, 0.5) is 0 Å². The van der Waals surface area contributed by atoms with E-state index in [-0.39, 0.29) is 0 Å². The van der Waals surface area contributed by atoms with Crippen molar-refractivity contribution in [3.05, 3.63) is 46.5 Å². The summed E-state index contributed by atoms with van der Waals surface area (Å²) in [4.78, 5) is 2.39. The van der Waals surface area contributed by atoms with Gasteiger partial charge in [0.15, 0.2) is 0 Å². The van der Waals surface area contributed by atoms with Crippen LogP contribution in [0.3, 0.4) is 0 Å². The summed E-state index contributed by atoms with van der Waals surface area (Å²) >= 11 is 3.50. The zero-order valence-electron chi connectivity index (χ0n) is 12.8. The first-order valence-electron chi connectivity index (χ1n) is 6.97. The second-order valence-corrected chi connectivity index (χ2v) is 6.78. The Morgan fingerprint density at radius 1 is 1.16 bits per heavy atom. The van der Waals surface area contributed by atoms with Crippen molar-refractivity contribution in [1.29, 1.82) is 0 Å². The van der Waals surface area contributed by atoms with Crippen molar-refractivity contribution in [1.82, 2.24) is 4.90 Å². The lowest BCUT2D eigenvalue weighted by atomic mass is 9.85. The van der Waals surface area contributed by atoms with E-state index < -0.39 is 0 Å². The molecule has 1 aromatic rings. The molecule has 0 amide bonds. The van der Waals surface area contributed by atoms with Crippen LogP contribution >= 0.6 is 15.9 Å². The molecular formula is C17H26BrN. The number of nitrogens with zero attached hydrogens (tertiary/aromatic N) is 1. The van der Waals surface area contributed by atoms with E-state index in [2.05, 4.69) is 86.4 Å². The second-order valence-electron chi connectivity index (χ2n) is 5.87. The minimum absolute atomic E-state index is 0.403. The molecular weight excluding hydrogens is 298 g/mol. The van der Waals surface area contributed by atoms with Crippen molar-refractivity contribution in [2.75, 3.05) is 13.6 Å². The SMILES string of the molecule is C=C(C(C)C)[C@H](CN(C)C(C)C)c1ccc(Br)cc1. The lowest BCUT2D eigenvalue weighted by molar-refractivity contribution is 0.262. The van der Waals surface area contributed by atoms with Crippen LogP contribution in [-0.2, 0) is 0 Å². The quantitative estimate of drug-likeness (QED) is 0.659. The molecule has 0 fully saturated rings. The molecule has 0 N–H and O–H groups in total. The maximum absolute atomic E-state index is 4.33. The molecule has 1 rings (SSSR count). The Hall–Kier alpha value is -0.600. The zero-order chi connectivity index (χ0) is 14.6. The summed E-state index contributed by atoms with van der Waals surface area (Å²) in [7, 11) is 2.18. The van der Waals surface area contributed by atoms with Gasteiger partial charge in [-0.2, -0.15) is 0 Å². The number of rotatable bonds is 6. The van der Waals surface area contributed by atoms with Crippen LogP contribution in [0.1, 0.15) is 39.2 Å². The predicted molar refractivity (Wildman–Crippen MR) is 88.6 cm³/mol. The van der Waals surface area contributed by atoms with Crippen molar-refractivity contribution in [2.24, 2.45) is 5.92 Å². The monoisotopic (exact) mass is 323 g/mol. The Kier molecular flexibility index (Phi) is 6.28. The normalized spacial score (nSPS) is 13.3. The lowest BCUT2D eigenvalue weighted by Gasteiger charge is -2.30. The lowest BCUT2D eigenvalue weighted by Crippen LogP contribution is -2.32. The van der Waals surface area contributed by atoms with Gasteiger partial charge in [-0.15, -0.1) is 0 Å². The molecule has 19 heavy (non-hydrogen) atoms. The largest absolute Gasteiger partial charge is 0.303 e. The van der Waals surface area contributed by atoms with Gasteiger partial charge in [-0.3, -0.25) is 0 Å². The predicted octanol–water partition coefficient (Wildman–Crippen LogP) is 5.09. The molecule has 1 aromatic carbocycles. The Balaban J connectivity index is 2.98. The van der Waals surface area contributed by atoms with Crippen LogP contribution in [-0.4, -0.2) is 24.5 Å². The number of benzene rings is 1. The summed E-state index contributed by atoms with van der Waals surface area (Å²) in [6.07, 6.45) is 0. The number of hydrogen-bond donors (Lipinski definition) is 0. The molecule has 0 aliphatic rings. The molecule has 0 aliphatic heterocycles. The first-order chi connectivity index (χ1) is 8.82. The number of halogens is 1. The molecule has 0 heterocycles. The van der Waals surface area contributed by atoms with Crippen molar-refractivity contribution in [3.8, 4) is 0 Å². The van der Waals surface area contributed by atoms with Crippen LogP contribution in [0.5, 0.6) is 0 Å². The minimum atomic E-state index is 0.403. The molecule has 1 nitrogen and oxygen atoms in total. The molecule has 0 bridgehead atoms. The molecule has 0 saturated heterocycles. The van der Waals surface area contributed by atoms with E-state index >= 15 is 0 Å². The first kappa shape index (κ1) is 16.5. The Morgan fingerprint density at radius 3 is 2.11 bits per heavy atom. The molecule has 0 spiro atoms. The Morgan fingerprint density at radius 2 is 1.68 bits per heavy atom. The fourth-order valence-electron chi connectivity index (χ4n) is 2.03. The van der Waals surface area contributed by atoms with Gasteiger partial charge in [0.25, 0.3) is 0 Å². The van der Waals surface area contributed by atoms with E-state index in [1.54, 1.807) is 0 Å². The highest BCUT2D eigenvalue weighted by atomic mass is 79.9. The fraction of sp³-hybridized carbons (Fsp3) is 0.529. The van der Waals surface area contributed by atoms with Crippen molar-refractivity contribution in [2.45, 2.75) is 39.7 Å². The molecule has 0 aromatic heterocycles. The summed E-state index contributed by atoms with van der Waals surface area (Å²) < 4.78 is 1.13. The molecule has 0 saturated carbocycles. The zero-order valence-corrected chi connectivity index (χ0v) is 14.4. The molecule has 1 atom stereocenters. The average Bonchev–Trinajstić information content (AvgIpc) is 2.35. The third kappa shape index (κ3) is 4.77. The standard InChI is InChI=1S/C17H26BrN/c1-12(2)14(5)17(11-19(6)13(3)4)15-7-9-16(18)10-8-15/h7-10,12-13,17H,5,11H2,1-4,6H3/t17-/m0/s1. The van der Waals surface area contributed by atoms with Gasteiger partial charge in [-0.05, 0) is 44.5 Å². The summed E-state index contributed by atoms with van der Waals surface area (Å²) in [5.41, 5.74) is 2.67. The van der Waals surface area contributed by atoms with E-state index in [0.29, 0.717) is 17.9 Å². The fourth-order valence-corrected chi connectivity index (χ4v) is 2.30. The summed E-state index contributed by atoms with van der Waals surface area (Å²) in [6, 6.07) is 9.20. The van der Waals surface area contributed by atoms with Gasteiger partial charge < -0.3 is 4.90 Å². The first-order valence-corrected chi connectivity index (χ1v) is 7.76. The third-order valence-corrected chi connectivity index (χ3v) is 4.34. The molecule has 0 unspecified atom stereocenters. The van der Waals surface area contributed by atoms with Crippen LogP contribution in [0.25, 0.3) is 0 Å². The van der Waals surface area contributed by atoms with Gasteiger partial charge in [-0.1, -0.05) is 54.1 Å². The number of hydrogen-bond acceptors (Lipinski definition) is 1. The van der Waals surface area contributed by atoms with Crippen LogP contribution in [0.2, 0.25) is 0 Å². The highest BCUT2D eigenvalue weighted by molar-refractivity contribution is 9.10. The Bertz CT molecular complexity index is 406. The highest BCUT2D eigenvalue weighted by Crippen LogP contribution is 2.30. The van der Waals surface area contributed by atoms with Gasteiger partial charge in [-0.25, -0.2) is 0 Å². The smallest absolute Gasteiger partial charge is 0.0176 e. The maximum atomic E-state index is 4.33. The average molecular weight is 324 g/mol. The van der Waals surface area contributed by atoms with Crippen LogP contribution in [0, 0.1) is 5.92 Å². The van der Waals surface area contributed by atoms with E-state index in [4.69, 9.17) is 0 Å². The van der Waals surface area contributed by atoms with Crippen LogP contribution in [0.15, 0.2) is 40.9 Å². The van der Waals surface area contributed by atoms with E-state index in [1.165, 1.54) is 11.1 Å². The van der Waals surface area contributed by atoms with Gasteiger partial charge in [0.1, 0.15) is 0 Å². The second kappa shape index (κ2) is 7.25. The third-order valence-electron chi connectivity index (χ3n) is 3.81. The highest BCUT2D eigenvalue weighted by Gasteiger charge is 2.20. The molecule has 0 radical (unpaired) electrons. The van der Waals surface area contributed by atoms with Gasteiger partial charge >= 0.3 is 0 Å².